The molecule has 3 aromatic carbocycles. The molecule has 41 heavy (non-hydrogen) atoms. The van der Waals surface area contributed by atoms with Crippen molar-refractivity contribution in [1.82, 2.24) is 4.31 Å². The second-order valence-corrected chi connectivity index (χ2v) is 11.9. The zero-order valence-corrected chi connectivity index (χ0v) is 23.9. The van der Waals surface area contributed by atoms with Crippen LogP contribution in [0.25, 0.3) is 11.0 Å². The van der Waals surface area contributed by atoms with E-state index in [9.17, 15) is 18.0 Å². The van der Waals surface area contributed by atoms with Gasteiger partial charge in [-0.2, -0.15) is 4.31 Å². The first-order valence-electron chi connectivity index (χ1n) is 13.5. The van der Waals surface area contributed by atoms with E-state index in [1.165, 1.54) is 16.4 Å². The number of hydrogen-bond acceptors (Lipinski definition) is 8. The van der Waals surface area contributed by atoms with Crippen molar-refractivity contribution in [2.45, 2.75) is 37.9 Å². The summed E-state index contributed by atoms with van der Waals surface area (Å²) in [7, 11) is -3.81. The Labute approximate surface area is 239 Å². The molecule has 9 nitrogen and oxygen atoms in total. The lowest BCUT2D eigenvalue weighted by molar-refractivity contribution is -0.0440. The third kappa shape index (κ3) is 6.04. The fourth-order valence-electron chi connectivity index (χ4n) is 4.96. The minimum Gasteiger partial charge on any atom is -0.494 e. The van der Waals surface area contributed by atoms with Crippen molar-refractivity contribution in [1.29, 1.82) is 0 Å². The number of carbonyl (C=O) groups is 2. The number of ketones is 2. The molecule has 1 saturated heterocycles. The molecule has 2 atom stereocenters. The van der Waals surface area contributed by atoms with Crippen molar-refractivity contribution in [3.8, 4) is 5.75 Å². The number of nitrogens with one attached hydrogen (secondary N) is 1. The Morgan fingerprint density at radius 2 is 1.66 bits per heavy atom. The number of fused-ring (bicyclic) bond motifs is 1. The normalized spacial score (nSPS) is 17.8. The zero-order valence-electron chi connectivity index (χ0n) is 23.1. The summed E-state index contributed by atoms with van der Waals surface area (Å²) in [5, 5.41) is 3.74. The van der Waals surface area contributed by atoms with Crippen LogP contribution in [0.2, 0.25) is 0 Å². The monoisotopic (exact) mass is 576 g/mol. The summed E-state index contributed by atoms with van der Waals surface area (Å²) >= 11 is 0. The van der Waals surface area contributed by atoms with Gasteiger partial charge >= 0.3 is 0 Å². The Morgan fingerprint density at radius 3 is 2.37 bits per heavy atom. The van der Waals surface area contributed by atoms with E-state index in [2.05, 4.69) is 5.32 Å². The van der Waals surface area contributed by atoms with Crippen LogP contribution in [0.4, 0.5) is 5.69 Å². The number of sulfonamides is 1. The number of anilines is 1. The molecule has 5 rings (SSSR count). The summed E-state index contributed by atoms with van der Waals surface area (Å²) in [5.74, 6) is 0.0475. The average molecular weight is 577 g/mol. The molecule has 0 saturated carbocycles. The molecule has 4 aromatic rings. The molecule has 0 bridgehead atoms. The topological polar surface area (TPSA) is 115 Å². The molecule has 1 aliphatic heterocycles. The molecule has 1 N–H and O–H groups in total. The maximum Gasteiger partial charge on any atom is 0.243 e. The van der Waals surface area contributed by atoms with Crippen molar-refractivity contribution in [3.05, 3.63) is 89.7 Å². The molecule has 2 heterocycles. The van der Waals surface area contributed by atoms with Crippen molar-refractivity contribution >= 4 is 38.2 Å². The Kier molecular flexibility index (Phi) is 8.25. The van der Waals surface area contributed by atoms with E-state index in [1.54, 1.807) is 54.6 Å². The molecule has 1 aromatic heterocycles. The van der Waals surface area contributed by atoms with Crippen LogP contribution < -0.4 is 10.1 Å². The van der Waals surface area contributed by atoms with Crippen molar-refractivity contribution in [2.24, 2.45) is 0 Å². The molecule has 0 aliphatic carbocycles. The standard InChI is InChI=1S/C31H32N2O7S/c1-4-38-24-14-12-22(13-15-24)30(35)31-29(26-10-5-6-11-28(26)40-31)32-17-27(34)23-8-7-9-25(16-23)41(36,37)33-18-20(2)39-21(3)19-33/h5-16,20-21,32H,4,17-19H2,1-3H3. The van der Waals surface area contributed by atoms with Crippen LogP contribution in [0.1, 0.15) is 47.2 Å². The van der Waals surface area contributed by atoms with E-state index in [4.69, 9.17) is 13.9 Å². The zero-order chi connectivity index (χ0) is 29.1. The predicted octanol–water partition coefficient (Wildman–Crippen LogP) is 5.16. The SMILES string of the molecule is CCOc1ccc(C(=O)c2oc3ccccc3c2NCC(=O)c2cccc(S(=O)(=O)N3CC(C)OC(C)C3)c2)cc1. The summed E-state index contributed by atoms with van der Waals surface area (Å²) in [6.45, 7) is 6.36. The molecule has 0 amide bonds. The van der Waals surface area contributed by atoms with Gasteiger partial charge < -0.3 is 19.2 Å². The summed E-state index contributed by atoms with van der Waals surface area (Å²) in [6.07, 6.45) is -0.460. The largest absolute Gasteiger partial charge is 0.494 e. The average Bonchev–Trinajstić information content (AvgIpc) is 3.34. The van der Waals surface area contributed by atoms with Crippen LogP contribution in [0.15, 0.2) is 82.1 Å². The Bertz CT molecular complexity index is 1670. The lowest BCUT2D eigenvalue weighted by Crippen LogP contribution is -2.48. The minimum atomic E-state index is -3.81. The summed E-state index contributed by atoms with van der Waals surface area (Å²) in [6, 6.07) is 19.9. The van der Waals surface area contributed by atoms with Gasteiger partial charge in [-0.3, -0.25) is 9.59 Å². The van der Waals surface area contributed by atoms with Crippen LogP contribution in [-0.2, 0) is 14.8 Å². The lowest BCUT2D eigenvalue weighted by Gasteiger charge is -2.34. The van der Waals surface area contributed by atoms with Gasteiger partial charge in [0.05, 0.1) is 35.9 Å². The van der Waals surface area contributed by atoms with E-state index >= 15 is 0 Å². The smallest absolute Gasteiger partial charge is 0.243 e. The number of benzene rings is 3. The first-order valence-corrected chi connectivity index (χ1v) is 14.9. The third-order valence-corrected chi connectivity index (χ3v) is 8.66. The second-order valence-electron chi connectivity index (χ2n) is 9.97. The van der Waals surface area contributed by atoms with E-state index in [1.807, 2.05) is 26.8 Å². The van der Waals surface area contributed by atoms with Gasteiger partial charge in [-0.15, -0.1) is 0 Å². The summed E-state index contributed by atoms with van der Waals surface area (Å²) in [4.78, 5) is 26.7. The number of morpholine rings is 1. The number of nitrogens with zero attached hydrogens (tertiary/aromatic N) is 1. The number of para-hydroxylation sites is 1. The first-order chi connectivity index (χ1) is 19.7. The molecule has 10 heteroatoms. The highest BCUT2D eigenvalue weighted by molar-refractivity contribution is 7.89. The van der Waals surface area contributed by atoms with Gasteiger partial charge in [0, 0.05) is 29.6 Å². The molecule has 2 unspecified atom stereocenters. The number of hydrogen-bond donors (Lipinski definition) is 1. The van der Waals surface area contributed by atoms with Gasteiger partial charge in [-0.1, -0.05) is 24.3 Å². The predicted molar refractivity (Wildman–Crippen MR) is 155 cm³/mol. The number of rotatable bonds is 10. The minimum absolute atomic E-state index is 0.0461. The van der Waals surface area contributed by atoms with Crippen LogP contribution in [0, 0.1) is 0 Å². The highest BCUT2D eigenvalue weighted by Gasteiger charge is 2.32. The number of ether oxygens (including phenoxy) is 2. The number of carbonyl (C=O) groups excluding carboxylic acids is 2. The Balaban J connectivity index is 1.38. The van der Waals surface area contributed by atoms with Crippen molar-refractivity contribution in [2.75, 3.05) is 31.6 Å². The molecule has 0 radical (unpaired) electrons. The fraction of sp³-hybridized carbons (Fsp3) is 0.290. The van der Waals surface area contributed by atoms with Gasteiger partial charge in [-0.05, 0) is 69.3 Å². The number of Topliss-reactive ketones (excluding diaryl/α,β-unsaturated/α-hetero) is 1. The van der Waals surface area contributed by atoms with E-state index in [-0.39, 0.29) is 59.6 Å². The maximum atomic E-state index is 13.4. The molecule has 0 spiro atoms. The van der Waals surface area contributed by atoms with E-state index in [0.29, 0.717) is 34.6 Å². The quantitative estimate of drug-likeness (QED) is 0.258. The highest BCUT2D eigenvalue weighted by atomic mass is 32.2. The van der Waals surface area contributed by atoms with Gasteiger partial charge in [0.2, 0.25) is 15.8 Å². The molecular weight excluding hydrogens is 544 g/mol. The Morgan fingerprint density at radius 1 is 0.951 bits per heavy atom. The number of furan rings is 1. The lowest BCUT2D eigenvalue weighted by atomic mass is 10.1. The van der Waals surface area contributed by atoms with Crippen LogP contribution in [-0.4, -0.2) is 62.7 Å². The molecule has 214 valence electrons. The van der Waals surface area contributed by atoms with Crippen LogP contribution in [0.3, 0.4) is 0 Å². The van der Waals surface area contributed by atoms with Crippen LogP contribution >= 0.6 is 0 Å². The van der Waals surface area contributed by atoms with Gasteiger partial charge in [0.25, 0.3) is 0 Å². The van der Waals surface area contributed by atoms with Gasteiger partial charge in [0.1, 0.15) is 11.3 Å². The second kappa shape index (κ2) is 11.9. The van der Waals surface area contributed by atoms with E-state index in [0.717, 1.165) is 0 Å². The fourth-order valence-corrected chi connectivity index (χ4v) is 6.59. The van der Waals surface area contributed by atoms with Crippen molar-refractivity contribution in [3.63, 3.8) is 0 Å². The highest BCUT2D eigenvalue weighted by Crippen LogP contribution is 2.33. The third-order valence-electron chi connectivity index (χ3n) is 6.83. The maximum absolute atomic E-state index is 13.4. The summed E-state index contributed by atoms with van der Waals surface area (Å²) < 4.78 is 45.1. The Hall–Kier alpha value is -3.99. The van der Waals surface area contributed by atoms with Crippen molar-refractivity contribution < 1.29 is 31.9 Å². The van der Waals surface area contributed by atoms with E-state index < -0.39 is 10.0 Å². The first kappa shape index (κ1) is 28.5. The molecular formula is C31H32N2O7S. The van der Waals surface area contributed by atoms with Gasteiger partial charge in [-0.25, -0.2) is 8.42 Å². The van der Waals surface area contributed by atoms with Crippen LogP contribution in [0.5, 0.6) is 5.75 Å². The van der Waals surface area contributed by atoms with Gasteiger partial charge in [0.15, 0.2) is 11.5 Å². The molecule has 1 fully saturated rings. The molecule has 1 aliphatic rings. The summed E-state index contributed by atoms with van der Waals surface area (Å²) in [5.41, 5.74) is 1.54.